The van der Waals surface area contributed by atoms with Gasteiger partial charge < -0.3 is 0 Å². The lowest BCUT2D eigenvalue weighted by molar-refractivity contribution is 0.220. The summed E-state index contributed by atoms with van der Waals surface area (Å²) in [6, 6.07) is 2.56. The first kappa shape index (κ1) is 15.8. The van der Waals surface area contributed by atoms with Crippen LogP contribution in [0.2, 0.25) is 0 Å². The zero-order valence-electron chi connectivity index (χ0n) is 12.5. The van der Waals surface area contributed by atoms with Crippen molar-refractivity contribution in [2.75, 3.05) is 0 Å². The van der Waals surface area contributed by atoms with Crippen molar-refractivity contribution in [3.63, 3.8) is 0 Å². The maximum Gasteiger partial charge on any atom is 0.130 e. The minimum atomic E-state index is -0.511. The molecule has 0 radical (unpaired) electrons. The number of hydrogen-bond acceptors (Lipinski definition) is 0. The second-order valence-corrected chi connectivity index (χ2v) is 7.09. The fourth-order valence-electron chi connectivity index (χ4n) is 3.66. The molecule has 1 aromatic carbocycles. The molecule has 1 unspecified atom stereocenters. The Morgan fingerprint density at radius 3 is 2.30 bits per heavy atom. The van der Waals surface area contributed by atoms with Gasteiger partial charge in [-0.3, -0.25) is 0 Å². The summed E-state index contributed by atoms with van der Waals surface area (Å²) in [4.78, 5) is 0. The average Bonchev–Trinajstić information content (AvgIpc) is 2.81. The van der Waals surface area contributed by atoms with Crippen LogP contribution in [0.1, 0.15) is 62.5 Å². The monoisotopic (exact) mass is 300 g/mol. The van der Waals surface area contributed by atoms with Gasteiger partial charge in [0.1, 0.15) is 11.6 Å². The highest BCUT2D eigenvalue weighted by molar-refractivity contribution is 6.21. The largest absolute Gasteiger partial charge is 0.207 e. The van der Waals surface area contributed by atoms with Crippen molar-refractivity contribution in [2.24, 2.45) is 11.3 Å². The molecule has 0 N–H and O–H groups in total. The van der Waals surface area contributed by atoms with E-state index in [0.717, 1.165) is 38.2 Å². The zero-order valence-corrected chi connectivity index (χ0v) is 13.2. The number of hydrogen-bond donors (Lipinski definition) is 0. The van der Waals surface area contributed by atoms with E-state index in [1.54, 1.807) is 13.0 Å². The van der Waals surface area contributed by atoms with Crippen molar-refractivity contribution in [1.29, 1.82) is 0 Å². The normalized spacial score (nSPS) is 19.6. The van der Waals surface area contributed by atoms with Gasteiger partial charge in [-0.1, -0.05) is 26.7 Å². The molecule has 0 aromatic heterocycles. The van der Waals surface area contributed by atoms with Gasteiger partial charge in [-0.05, 0) is 49.1 Å². The molecule has 1 aliphatic rings. The summed E-state index contributed by atoms with van der Waals surface area (Å²) in [6.45, 7) is 6.01. The van der Waals surface area contributed by atoms with Gasteiger partial charge in [0.05, 0.1) is 5.38 Å². The SMILES string of the molecule is Cc1cc(C(Cl)C2(CC(C)C)CCCC2)c(F)cc1F. The van der Waals surface area contributed by atoms with Crippen molar-refractivity contribution in [1.82, 2.24) is 0 Å². The van der Waals surface area contributed by atoms with Crippen molar-refractivity contribution in [3.05, 3.63) is 34.9 Å². The van der Waals surface area contributed by atoms with E-state index >= 15 is 0 Å². The summed E-state index contributed by atoms with van der Waals surface area (Å²) in [6.07, 6.45) is 5.37. The Bertz CT molecular complexity index is 476. The third-order valence-electron chi connectivity index (χ3n) is 4.50. The molecule has 0 bridgehead atoms. The second-order valence-electron chi connectivity index (χ2n) is 6.65. The predicted octanol–water partition coefficient (Wildman–Crippen LogP) is 6.16. The minimum Gasteiger partial charge on any atom is -0.207 e. The van der Waals surface area contributed by atoms with E-state index in [2.05, 4.69) is 13.8 Å². The van der Waals surface area contributed by atoms with E-state index in [1.165, 1.54) is 0 Å². The second kappa shape index (κ2) is 6.01. The number of aryl methyl sites for hydroxylation is 1. The Kier molecular flexibility index (Phi) is 4.73. The Balaban J connectivity index is 2.37. The van der Waals surface area contributed by atoms with Crippen LogP contribution in [0.15, 0.2) is 12.1 Å². The standard InChI is InChI=1S/C17H23ClF2/c1-11(2)10-17(6-4-5-7-17)16(18)13-8-12(3)14(19)9-15(13)20/h8-9,11,16H,4-7,10H2,1-3H3. The van der Waals surface area contributed by atoms with Crippen molar-refractivity contribution in [2.45, 2.75) is 58.3 Å². The Morgan fingerprint density at radius 1 is 1.15 bits per heavy atom. The highest BCUT2D eigenvalue weighted by atomic mass is 35.5. The van der Waals surface area contributed by atoms with E-state index in [9.17, 15) is 8.78 Å². The van der Waals surface area contributed by atoms with Crippen LogP contribution in [-0.4, -0.2) is 0 Å². The average molecular weight is 301 g/mol. The third kappa shape index (κ3) is 3.00. The molecular weight excluding hydrogens is 278 g/mol. The maximum atomic E-state index is 14.1. The molecule has 0 aliphatic heterocycles. The molecule has 0 saturated heterocycles. The Hall–Kier alpha value is -0.630. The number of alkyl halides is 1. The van der Waals surface area contributed by atoms with Gasteiger partial charge in [-0.25, -0.2) is 8.78 Å². The van der Waals surface area contributed by atoms with Gasteiger partial charge in [0.25, 0.3) is 0 Å². The molecule has 0 spiro atoms. The third-order valence-corrected chi connectivity index (χ3v) is 5.20. The number of benzene rings is 1. The lowest BCUT2D eigenvalue weighted by atomic mass is 9.73. The molecule has 1 aromatic rings. The van der Waals surface area contributed by atoms with Gasteiger partial charge in [0, 0.05) is 11.6 Å². The smallest absolute Gasteiger partial charge is 0.130 e. The van der Waals surface area contributed by atoms with Gasteiger partial charge in [-0.2, -0.15) is 0 Å². The molecule has 0 amide bonds. The van der Waals surface area contributed by atoms with Crippen LogP contribution < -0.4 is 0 Å². The van der Waals surface area contributed by atoms with Gasteiger partial charge in [0.2, 0.25) is 0 Å². The number of rotatable bonds is 4. The summed E-state index contributed by atoms with van der Waals surface area (Å²) >= 11 is 6.68. The molecule has 2 rings (SSSR count). The van der Waals surface area contributed by atoms with Gasteiger partial charge in [0.15, 0.2) is 0 Å². The quantitative estimate of drug-likeness (QED) is 0.584. The van der Waals surface area contributed by atoms with Crippen LogP contribution >= 0.6 is 11.6 Å². The van der Waals surface area contributed by atoms with E-state index in [0.29, 0.717) is 17.0 Å². The molecule has 1 saturated carbocycles. The first-order chi connectivity index (χ1) is 9.35. The molecule has 0 nitrogen and oxygen atoms in total. The molecule has 20 heavy (non-hydrogen) atoms. The lowest BCUT2D eigenvalue weighted by Crippen LogP contribution is -2.25. The summed E-state index contributed by atoms with van der Waals surface area (Å²) in [5, 5.41) is -0.369. The van der Waals surface area contributed by atoms with Crippen molar-refractivity contribution >= 4 is 11.6 Å². The highest BCUT2D eigenvalue weighted by Crippen LogP contribution is 2.55. The molecular formula is C17H23ClF2. The summed E-state index contributed by atoms with van der Waals surface area (Å²) in [5.41, 5.74) is 0.888. The Morgan fingerprint density at radius 2 is 1.75 bits per heavy atom. The summed E-state index contributed by atoms with van der Waals surface area (Å²) < 4.78 is 27.5. The fourth-order valence-corrected chi connectivity index (χ4v) is 4.13. The van der Waals surface area contributed by atoms with Crippen molar-refractivity contribution < 1.29 is 8.78 Å². The first-order valence-corrected chi connectivity index (χ1v) is 7.89. The topological polar surface area (TPSA) is 0 Å². The van der Waals surface area contributed by atoms with Crippen LogP contribution in [0.3, 0.4) is 0 Å². The van der Waals surface area contributed by atoms with Gasteiger partial charge >= 0.3 is 0 Å². The predicted molar refractivity (Wildman–Crippen MR) is 80.0 cm³/mol. The van der Waals surface area contributed by atoms with E-state index in [4.69, 9.17) is 11.6 Å². The van der Waals surface area contributed by atoms with E-state index in [-0.39, 0.29) is 10.8 Å². The fraction of sp³-hybridized carbons (Fsp3) is 0.647. The highest BCUT2D eigenvalue weighted by Gasteiger charge is 2.42. The minimum absolute atomic E-state index is 0.0408. The lowest BCUT2D eigenvalue weighted by Gasteiger charge is -2.36. The van der Waals surface area contributed by atoms with Crippen LogP contribution in [0, 0.1) is 29.9 Å². The Labute approximate surface area is 125 Å². The van der Waals surface area contributed by atoms with Crippen molar-refractivity contribution in [3.8, 4) is 0 Å². The van der Waals surface area contributed by atoms with Crippen LogP contribution in [0.5, 0.6) is 0 Å². The molecule has 1 aliphatic carbocycles. The van der Waals surface area contributed by atoms with E-state index < -0.39 is 11.6 Å². The molecule has 1 fully saturated rings. The molecule has 3 heteroatoms. The first-order valence-electron chi connectivity index (χ1n) is 7.45. The molecule has 0 heterocycles. The zero-order chi connectivity index (χ0) is 14.9. The van der Waals surface area contributed by atoms with Crippen LogP contribution in [0.25, 0.3) is 0 Å². The summed E-state index contributed by atoms with van der Waals surface area (Å²) in [7, 11) is 0. The molecule has 112 valence electrons. The van der Waals surface area contributed by atoms with Crippen LogP contribution in [0.4, 0.5) is 8.78 Å². The number of halogens is 3. The van der Waals surface area contributed by atoms with Gasteiger partial charge in [-0.15, -0.1) is 11.6 Å². The molecule has 1 atom stereocenters. The van der Waals surface area contributed by atoms with E-state index in [1.807, 2.05) is 0 Å². The van der Waals surface area contributed by atoms with Crippen LogP contribution in [-0.2, 0) is 0 Å². The maximum absolute atomic E-state index is 14.1. The summed E-state index contributed by atoms with van der Waals surface area (Å²) in [5.74, 6) is -0.485.